The minimum absolute atomic E-state index is 0.141. The summed E-state index contributed by atoms with van der Waals surface area (Å²) in [6, 6.07) is 1.62. The summed E-state index contributed by atoms with van der Waals surface area (Å²) in [6.45, 7) is 3.75. The highest BCUT2D eigenvalue weighted by Crippen LogP contribution is 2.27. The molecule has 4 amide bonds. The number of aromatic nitrogens is 2. The van der Waals surface area contributed by atoms with Crippen molar-refractivity contribution in [3.63, 3.8) is 0 Å². The number of hydrogen-bond acceptors (Lipinski definition) is 5. The molecule has 2 N–H and O–H groups in total. The number of nitrogens with zero attached hydrogens (tertiary/aromatic N) is 4. The molecule has 0 spiro atoms. The molecule has 4 rings (SSSR count). The minimum atomic E-state index is -1.08. The predicted molar refractivity (Wildman–Crippen MR) is 121 cm³/mol. The summed E-state index contributed by atoms with van der Waals surface area (Å²) in [4.78, 5) is 53.7. The molecule has 3 aliphatic rings. The van der Waals surface area contributed by atoms with Gasteiger partial charge in [0.1, 0.15) is 11.2 Å². The van der Waals surface area contributed by atoms with Crippen LogP contribution in [0.5, 0.6) is 0 Å². The molecule has 1 atom stereocenters. The van der Waals surface area contributed by atoms with Crippen LogP contribution < -0.4 is 10.6 Å². The molecule has 0 bridgehead atoms. The monoisotopic (exact) mass is 458 g/mol. The van der Waals surface area contributed by atoms with E-state index >= 15 is 0 Å². The lowest BCUT2D eigenvalue weighted by atomic mass is 9.92. The lowest BCUT2D eigenvalue weighted by Crippen LogP contribution is -2.63. The third-order valence-electron chi connectivity index (χ3n) is 7.23. The average molecular weight is 459 g/mol. The van der Waals surface area contributed by atoms with Gasteiger partial charge < -0.3 is 20.4 Å². The normalized spacial score (nSPS) is 23.6. The summed E-state index contributed by atoms with van der Waals surface area (Å²) in [7, 11) is 1.62. The second-order valence-electron chi connectivity index (χ2n) is 9.61. The number of amides is 4. The summed E-state index contributed by atoms with van der Waals surface area (Å²) in [6.07, 6.45) is 7.48. The number of rotatable bonds is 7. The summed E-state index contributed by atoms with van der Waals surface area (Å²) in [5.74, 6) is -0.717. The Bertz CT molecular complexity index is 937. The van der Waals surface area contributed by atoms with Gasteiger partial charge in [0, 0.05) is 45.2 Å². The molecule has 180 valence electrons. The van der Waals surface area contributed by atoms with Crippen LogP contribution in [0, 0.1) is 0 Å². The van der Waals surface area contributed by atoms with Gasteiger partial charge in [-0.2, -0.15) is 5.10 Å². The molecule has 1 saturated carbocycles. The van der Waals surface area contributed by atoms with Gasteiger partial charge in [-0.1, -0.05) is 19.3 Å². The van der Waals surface area contributed by atoms with Crippen LogP contribution in [0.4, 0.5) is 0 Å². The first-order valence-corrected chi connectivity index (χ1v) is 12.0. The molecular weight excluding hydrogens is 424 g/mol. The van der Waals surface area contributed by atoms with Crippen LogP contribution >= 0.6 is 0 Å². The zero-order valence-corrected chi connectivity index (χ0v) is 19.6. The van der Waals surface area contributed by atoms with E-state index < -0.39 is 5.54 Å². The summed E-state index contributed by atoms with van der Waals surface area (Å²) in [5, 5.41) is 10.3. The summed E-state index contributed by atoms with van der Waals surface area (Å²) < 4.78 is 1.47. The van der Waals surface area contributed by atoms with Gasteiger partial charge in [-0.05, 0) is 32.6 Å². The largest absolute Gasteiger partial charge is 0.351 e. The third kappa shape index (κ3) is 4.74. The second kappa shape index (κ2) is 9.52. The van der Waals surface area contributed by atoms with Crippen molar-refractivity contribution in [3.05, 3.63) is 17.5 Å². The van der Waals surface area contributed by atoms with Crippen LogP contribution in [0.15, 0.2) is 6.07 Å². The molecule has 2 fully saturated rings. The minimum Gasteiger partial charge on any atom is -0.351 e. The molecule has 10 heteroatoms. The maximum Gasteiger partial charge on any atom is 0.272 e. The first-order chi connectivity index (χ1) is 15.8. The highest BCUT2D eigenvalue weighted by atomic mass is 16.2. The van der Waals surface area contributed by atoms with E-state index in [0.717, 1.165) is 38.6 Å². The van der Waals surface area contributed by atoms with Crippen LogP contribution in [0.3, 0.4) is 0 Å². The van der Waals surface area contributed by atoms with E-state index in [1.165, 1.54) is 22.1 Å². The standard InChI is InChI=1S/C23H34N6O4/c1-23(22(33)25-16-8-4-3-5-9-16)15-29-18(21(32)27(23)2)14-17(26-29)20(31)24-11-7-13-28-12-6-10-19(28)30/h14,16H,3-13,15H2,1-2H3,(H,24,31)(H,25,33)/t23-/m1/s1. The van der Waals surface area contributed by atoms with Gasteiger partial charge in [0.2, 0.25) is 11.8 Å². The third-order valence-corrected chi connectivity index (χ3v) is 7.23. The van der Waals surface area contributed by atoms with E-state index in [9.17, 15) is 19.2 Å². The average Bonchev–Trinajstić information content (AvgIpc) is 3.41. The molecule has 10 nitrogen and oxygen atoms in total. The SMILES string of the molecule is CN1C(=O)c2cc(C(=O)NCCCN3CCCC3=O)nn2C[C@]1(C)C(=O)NC1CCCCC1. The van der Waals surface area contributed by atoms with Gasteiger partial charge in [0.05, 0.1) is 6.54 Å². The zero-order valence-electron chi connectivity index (χ0n) is 19.6. The van der Waals surface area contributed by atoms with Crippen LogP contribution in [-0.2, 0) is 16.1 Å². The topological polar surface area (TPSA) is 117 Å². The molecule has 0 radical (unpaired) electrons. The first kappa shape index (κ1) is 23.3. The van der Waals surface area contributed by atoms with Gasteiger partial charge in [-0.15, -0.1) is 0 Å². The Morgan fingerprint density at radius 1 is 1.18 bits per heavy atom. The van der Waals surface area contributed by atoms with Crippen molar-refractivity contribution in [2.24, 2.45) is 0 Å². The van der Waals surface area contributed by atoms with Crippen molar-refractivity contribution in [2.45, 2.75) is 76.4 Å². The van der Waals surface area contributed by atoms with Gasteiger partial charge in [0.25, 0.3) is 11.8 Å². The lowest BCUT2D eigenvalue weighted by molar-refractivity contribution is -0.133. The number of hydrogen-bond donors (Lipinski definition) is 2. The fourth-order valence-electron chi connectivity index (χ4n) is 4.93. The first-order valence-electron chi connectivity index (χ1n) is 12.0. The number of carbonyl (C=O) groups excluding carboxylic acids is 4. The molecule has 33 heavy (non-hydrogen) atoms. The van der Waals surface area contributed by atoms with E-state index in [2.05, 4.69) is 15.7 Å². The molecule has 1 aliphatic carbocycles. The molecule has 2 aliphatic heterocycles. The number of likely N-dealkylation sites (tertiary alicyclic amines) is 1. The fraction of sp³-hybridized carbons (Fsp3) is 0.696. The molecule has 0 aromatic carbocycles. The fourth-order valence-corrected chi connectivity index (χ4v) is 4.93. The number of likely N-dealkylation sites (N-methyl/N-ethyl adjacent to an activating group) is 1. The van der Waals surface area contributed by atoms with E-state index in [1.54, 1.807) is 14.0 Å². The van der Waals surface area contributed by atoms with Crippen molar-refractivity contribution < 1.29 is 19.2 Å². The van der Waals surface area contributed by atoms with Crippen molar-refractivity contribution in [3.8, 4) is 0 Å². The Kier molecular flexibility index (Phi) is 6.71. The highest BCUT2D eigenvalue weighted by Gasteiger charge is 2.46. The quantitative estimate of drug-likeness (QED) is 0.590. The Labute approximate surface area is 194 Å². The molecule has 3 heterocycles. The van der Waals surface area contributed by atoms with Gasteiger partial charge in [-0.3, -0.25) is 23.9 Å². The van der Waals surface area contributed by atoms with Gasteiger partial charge >= 0.3 is 0 Å². The number of carbonyl (C=O) groups is 4. The van der Waals surface area contributed by atoms with E-state index in [1.807, 2.05) is 4.90 Å². The van der Waals surface area contributed by atoms with E-state index in [0.29, 0.717) is 31.6 Å². The maximum atomic E-state index is 13.1. The van der Waals surface area contributed by atoms with Crippen molar-refractivity contribution >= 4 is 23.6 Å². The second-order valence-corrected chi connectivity index (χ2v) is 9.61. The van der Waals surface area contributed by atoms with Crippen molar-refractivity contribution in [1.29, 1.82) is 0 Å². The molecule has 1 aromatic heterocycles. The smallest absolute Gasteiger partial charge is 0.272 e. The Hall–Kier alpha value is -2.91. The number of fused-ring (bicyclic) bond motifs is 1. The highest BCUT2D eigenvalue weighted by molar-refractivity contribution is 6.01. The zero-order chi connectivity index (χ0) is 23.6. The Balaban J connectivity index is 1.37. The summed E-state index contributed by atoms with van der Waals surface area (Å²) >= 11 is 0. The maximum absolute atomic E-state index is 13.1. The van der Waals surface area contributed by atoms with Crippen LogP contribution in [0.1, 0.15) is 79.3 Å². The summed E-state index contributed by atoms with van der Waals surface area (Å²) in [5.41, 5.74) is -0.627. The van der Waals surface area contributed by atoms with Crippen LogP contribution in [-0.4, -0.2) is 81.5 Å². The molecule has 0 unspecified atom stereocenters. The van der Waals surface area contributed by atoms with Gasteiger partial charge in [-0.25, -0.2) is 0 Å². The molecular formula is C23H34N6O4. The van der Waals surface area contributed by atoms with Crippen LogP contribution in [0.2, 0.25) is 0 Å². The molecule has 1 aromatic rings. The predicted octanol–water partition coefficient (Wildman–Crippen LogP) is 0.919. The Morgan fingerprint density at radius 3 is 2.64 bits per heavy atom. The van der Waals surface area contributed by atoms with Crippen molar-refractivity contribution in [2.75, 3.05) is 26.7 Å². The van der Waals surface area contributed by atoms with Gasteiger partial charge in [0.15, 0.2) is 5.69 Å². The lowest BCUT2D eigenvalue weighted by Gasteiger charge is -2.41. The number of nitrogens with one attached hydrogen (secondary N) is 2. The van der Waals surface area contributed by atoms with E-state index in [4.69, 9.17) is 0 Å². The van der Waals surface area contributed by atoms with E-state index in [-0.39, 0.29) is 41.9 Å². The molecule has 1 saturated heterocycles. The van der Waals surface area contributed by atoms with Crippen molar-refractivity contribution in [1.82, 2.24) is 30.2 Å². The Morgan fingerprint density at radius 2 is 1.94 bits per heavy atom. The van der Waals surface area contributed by atoms with Crippen LogP contribution in [0.25, 0.3) is 0 Å².